The van der Waals surface area contributed by atoms with Gasteiger partial charge >= 0.3 is 0 Å². The van der Waals surface area contributed by atoms with E-state index in [1.54, 1.807) is 0 Å². The van der Waals surface area contributed by atoms with Crippen LogP contribution >= 0.6 is 0 Å². The van der Waals surface area contributed by atoms with Gasteiger partial charge < -0.3 is 10.1 Å². The topological polar surface area (TPSA) is 52.0 Å². The summed E-state index contributed by atoms with van der Waals surface area (Å²) in [5.41, 5.74) is 1.16. The van der Waals surface area contributed by atoms with E-state index in [2.05, 4.69) is 50.2 Å². The third-order valence-corrected chi connectivity index (χ3v) is 3.33. The highest BCUT2D eigenvalue weighted by Gasteiger charge is 2.35. The fourth-order valence-electron chi connectivity index (χ4n) is 2.50. The molecule has 2 unspecified atom stereocenters. The van der Waals surface area contributed by atoms with E-state index in [0.717, 1.165) is 25.2 Å². The number of rotatable bonds is 8. The van der Waals surface area contributed by atoms with E-state index in [1.807, 2.05) is 17.8 Å². The summed E-state index contributed by atoms with van der Waals surface area (Å²) in [4.78, 5) is 0. The molecule has 1 N–H and O–H groups in total. The molecule has 116 valence electrons. The minimum atomic E-state index is 0.0458. The lowest BCUT2D eigenvalue weighted by molar-refractivity contribution is -0.0380. The number of aromatic nitrogens is 3. The van der Waals surface area contributed by atoms with Crippen LogP contribution in [0, 0.1) is 5.41 Å². The van der Waals surface area contributed by atoms with Gasteiger partial charge in [0.15, 0.2) is 0 Å². The van der Waals surface area contributed by atoms with Gasteiger partial charge in [-0.15, -0.1) is 5.10 Å². The molecule has 20 heavy (non-hydrogen) atoms. The van der Waals surface area contributed by atoms with Crippen molar-refractivity contribution in [2.45, 2.75) is 66.7 Å². The second-order valence-electron chi connectivity index (χ2n) is 6.16. The summed E-state index contributed by atoms with van der Waals surface area (Å²) in [6, 6.07) is 0.112. The minimum absolute atomic E-state index is 0.0458. The van der Waals surface area contributed by atoms with Crippen LogP contribution in [0.25, 0.3) is 0 Å². The minimum Gasteiger partial charge on any atom is -0.376 e. The van der Waals surface area contributed by atoms with Crippen LogP contribution in [0.5, 0.6) is 0 Å². The highest BCUT2D eigenvalue weighted by atomic mass is 16.5. The van der Waals surface area contributed by atoms with Crippen molar-refractivity contribution in [1.82, 2.24) is 20.3 Å². The number of hydrogen-bond donors (Lipinski definition) is 1. The lowest BCUT2D eigenvalue weighted by atomic mass is 9.83. The van der Waals surface area contributed by atoms with E-state index in [9.17, 15) is 0 Å². The van der Waals surface area contributed by atoms with Gasteiger partial charge in [-0.2, -0.15) is 0 Å². The molecule has 0 aliphatic rings. The van der Waals surface area contributed by atoms with Crippen molar-refractivity contribution in [3.63, 3.8) is 0 Å². The third kappa shape index (κ3) is 4.28. The molecule has 0 fully saturated rings. The average molecular weight is 282 g/mol. The van der Waals surface area contributed by atoms with E-state index >= 15 is 0 Å². The Morgan fingerprint density at radius 2 is 2.00 bits per heavy atom. The maximum atomic E-state index is 6.05. The molecule has 0 saturated carbocycles. The molecular formula is C15H30N4O. The Hall–Kier alpha value is -0.940. The number of nitrogens with one attached hydrogen (secondary N) is 1. The SMILES string of the molecule is CCCn1nncc1C(NCC)C(OCC)C(C)(C)C. The van der Waals surface area contributed by atoms with Gasteiger partial charge in [0, 0.05) is 13.2 Å². The maximum Gasteiger partial charge on any atom is 0.0833 e. The molecule has 1 aromatic heterocycles. The van der Waals surface area contributed by atoms with Gasteiger partial charge in [-0.05, 0) is 25.3 Å². The molecule has 5 nitrogen and oxygen atoms in total. The van der Waals surface area contributed by atoms with E-state index in [1.165, 1.54) is 0 Å². The third-order valence-electron chi connectivity index (χ3n) is 3.33. The molecule has 0 bridgehead atoms. The first-order valence-corrected chi connectivity index (χ1v) is 7.69. The Kier molecular flexibility index (Phi) is 6.62. The zero-order chi connectivity index (χ0) is 15.2. The van der Waals surface area contributed by atoms with Crippen molar-refractivity contribution in [2.24, 2.45) is 5.41 Å². The van der Waals surface area contributed by atoms with Gasteiger partial charge in [0.1, 0.15) is 0 Å². The van der Waals surface area contributed by atoms with Crippen LogP contribution in [0.3, 0.4) is 0 Å². The Morgan fingerprint density at radius 3 is 2.50 bits per heavy atom. The molecule has 2 atom stereocenters. The molecule has 0 amide bonds. The number of nitrogens with zero attached hydrogens (tertiary/aromatic N) is 3. The lowest BCUT2D eigenvalue weighted by Gasteiger charge is -2.37. The maximum absolute atomic E-state index is 6.05. The standard InChI is InChI=1S/C15H30N4O/c1-7-10-19-12(11-17-18-19)13(16-8-2)14(20-9-3)15(4,5)6/h11,13-14,16H,7-10H2,1-6H3. The van der Waals surface area contributed by atoms with Crippen molar-refractivity contribution in [3.8, 4) is 0 Å². The summed E-state index contributed by atoms with van der Waals surface area (Å²) in [6.07, 6.45) is 2.99. The summed E-state index contributed by atoms with van der Waals surface area (Å²) >= 11 is 0. The Labute approximate surface area is 123 Å². The zero-order valence-corrected chi connectivity index (χ0v) is 13.8. The summed E-state index contributed by atoms with van der Waals surface area (Å²) in [5, 5.41) is 11.8. The van der Waals surface area contributed by atoms with Crippen LogP contribution in [0.2, 0.25) is 0 Å². The first-order valence-electron chi connectivity index (χ1n) is 7.69. The van der Waals surface area contributed by atoms with E-state index in [0.29, 0.717) is 6.61 Å². The van der Waals surface area contributed by atoms with Gasteiger partial charge in [0.2, 0.25) is 0 Å². The van der Waals surface area contributed by atoms with Crippen LogP contribution < -0.4 is 5.32 Å². The fourth-order valence-corrected chi connectivity index (χ4v) is 2.50. The molecule has 0 aliphatic heterocycles. The average Bonchev–Trinajstić information content (AvgIpc) is 2.81. The van der Waals surface area contributed by atoms with Crippen LogP contribution in [-0.2, 0) is 11.3 Å². The zero-order valence-electron chi connectivity index (χ0n) is 13.8. The predicted molar refractivity (Wildman–Crippen MR) is 81.6 cm³/mol. The molecule has 1 aromatic rings. The Morgan fingerprint density at radius 1 is 1.30 bits per heavy atom. The number of hydrogen-bond acceptors (Lipinski definition) is 4. The van der Waals surface area contributed by atoms with E-state index < -0.39 is 0 Å². The van der Waals surface area contributed by atoms with Crippen molar-refractivity contribution >= 4 is 0 Å². The largest absolute Gasteiger partial charge is 0.376 e. The van der Waals surface area contributed by atoms with Crippen molar-refractivity contribution in [3.05, 3.63) is 11.9 Å². The molecular weight excluding hydrogens is 252 g/mol. The molecule has 5 heteroatoms. The molecule has 0 aromatic carbocycles. The highest BCUT2D eigenvalue weighted by Crippen LogP contribution is 2.32. The monoisotopic (exact) mass is 282 g/mol. The summed E-state index contributed by atoms with van der Waals surface area (Å²) in [6.45, 7) is 15.4. The highest BCUT2D eigenvalue weighted by molar-refractivity contribution is 5.07. The van der Waals surface area contributed by atoms with Gasteiger partial charge in [-0.3, -0.25) is 0 Å². The van der Waals surface area contributed by atoms with E-state index in [-0.39, 0.29) is 17.6 Å². The first kappa shape index (κ1) is 17.1. The fraction of sp³-hybridized carbons (Fsp3) is 0.867. The van der Waals surface area contributed by atoms with Crippen molar-refractivity contribution in [2.75, 3.05) is 13.2 Å². The molecule has 0 saturated heterocycles. The quantitative estimate of drug-likeness (QED) is 0.796. The second-order valence-corrected chi connectivity index (χ2v) is 6.16. The van der Waals surface area contributed by atoms with Crippen LogP contribution in [-0.4, -0.2) is 34.2 Å². The van der Waals surface area contributed by atoms with Gasteiger partial charge in [0.05, 0.1) is 24.0 Å². The summed E-state index contributed by atoms with van der Waals surface area (Å²) < 4.78 is 8.04. The Bertz CT molecular complexity index is 383. The molecule has 1 rings (SSSR count). The van der Waals surface area contributed by atoms with Gasteiger partial charge in [-0.25, -0.2) is 4.68 Å². The number of likely N-dealkylation sites (N-methyl/N-ethyl adjacent to an activating group) is 1. The van der Waals surface area contributed by atoms with E-state index in [4.69, 9.17) is 4.74 Å². The normalized spacial score (nSPS) is 15.3. The van der Waals surface area contributed by atoms with Gasteiger partial charge in [0.25, 0.3) is 0 Å². The molecule has 1 heterocycles. The smallest absolute Gasteiger partial charge is 0.0833 e. The first-order chi connectivity index (χ1) is 9.45. The summed E-state index contributed by atoms with van der Waals surface area (Å²) in [5.74, 6) is 0. The molecule has 0 aliphatic carbocycles. The Balaban J connectivity index is 3.09. The predicted octanol–water partition coefficient (Wildman–Crippen LogP) is 2.79. The van der Waals surface area contributed by atoms with Crippen molar-refractivity contribution in [1.29, 1.82) is 0 Å². The van der Waals surface area contributed by atoms with Crippen LogP contribution in [0.4, 0.5) is 0 Å². The van der Waals surface area contributed by atoms with Crippen LogP contribution in [0.1, 0.15) is 59.7 Å². The van der Waals surface area contributed by atoms with Crippen molar-refractivity contribution < 1.29 is 4.74 Å². The van der Waals surface area contributed by atoms with Gasteiger partial charge in [-0.1, -0.05) is 39.8 Å². The molecule has 0 radical (unpaired) electrons. The number of ether oxygens (including phenoxy) is 1. The summed E-state index contributed by atoms with van der Waals surface area (Å²) in [7, 11) is 0. The second kappa shape index (κ2) is 7.74. The van der Waals surface area contributed by atoms with Crippen LogP contribution in [0.15, 0.2) is 6.20 Å². The number of aryl methyl sites for hydroxylation is 1. The lowest BCUT2D eigenvalue weighted by Crippen LogP contribution is -2.43. The molecule has 0 spiro atoms.